The van der Waals surface area contributed by atoms with E-state index in [9.17, 15) is 14.4 Å². The normalized spacial score (nSPS) is 12.5. The number of hydrogen-bond acceptors (Lipinski definition) is 4. The van der Waals surface area contributed by atoms with Gasteiger partial charge in [-0.05, 0) is 42.3 Å². The molecule has 4 rings (SSSR count). The molecule has 1 aromatic heterocycles. The summed E-state index contributed by atoms with van der Waals surface area (Å²) in [5, 5.41) is 6.84. The fourth-order valence-electron chi connectivity index (χ4n) is 3.27. The number of nitrogens with zero attached hydrogens (tertiary/aromatic N) is 3. The van der Waals surface area contributed by atoms with Crippen molar-refractivity contribution in [1.29, 1.82) is 0 Å². The van der Waals surface area contributed by atoms with Crippen LogP contribution in [-0.2, 0) is 17.8 Å². The highest BCUT2D eigenvalue weighted by Crippen LogP contribution is 2.28. The Labute approximate surface area is 175 Å². The van der Waals surface area contributed by atoms with Crippen LogP contribution in [0.5, 0.6) is 0 Å². The summed E-state index contributed by atoms with van der Waals surface area (Å²) in [6, 6.07) is 17.5. The maximum Gasteiger partial charge on any atom is 0.278 e. The van der Waals surface area contributed by atoms with Crippen molar-refractivity contribution in [2.75, 3.05) is 16.8 Å². The van der Waals surface area contributed by atoms with E-state index in [1.807, 2.05) is 30.3 Å². The topological polar surface area (TPSA) is 84.3 Å². The van der Waals surface area contributed by atoms with Crippen LogP contribution in [0.25, 0.3) is 0 Å². The van der Waals surface area contributed by atoms with Gasteiger partial charge in [-0.15, -0.1) is 0 Å². The van der Waals surface area contributed by atoms with Gasteiger partial charge in [0.1, 0.15) is 12.2 Å². The van der Waals surface area contributed by atoms with Crippen molar-refractivity contribution in [2.24, 2.45) is 0 Å². The van der Waals surface area contributed by atoms with E-state index in [1.54, 1.807) is 23.1 Å². The number of amides is 2. The molecule has 0 bridgehead atoms. The van der Waals surface area contributed by atoms with Gasteiger partial charge in [0.25, 0.3) is 11.5 Å². The number of halogens is 1. The highest BCUT2D eigenvalue weighted by Gasteiger charge is 2.26. The van der Waals surface area contributed by atoms with Crippen LogP contribution in [0.3, 0.4) is 0 Å². The number of anilines is 2. The lowest BCUT2D eigenvalue weighted by Gasteiger charge is -2.17. The molecular formula is C21H17BrN4O3. The molecule has 0 unspecified atom stereocenters. The summed E-state index contributed by atoms with van der Waals surface area (Å²) in [5.74, 6) is -0.704. The molecule has 7 nitrogen and oxygen atoms in total. The first-order valence-corrected chi connectivity index (χ1v) is 9.84. The molecule has 1 N–H and O–H groups in total. The predicted octanol–water partition coefficient (Wildman–Crippen LogP) is 2.85. The van der Waals surface area contributed by atoms with Gasteiger partial charge in [-0.1, -0.05) is 40.2 Å². The van der Waals surface area contributed by atoms with Gasteiger partial charge in [-0.3, -0.25) is 14.4 Å². The largest absolute Gasteiger partial charge is 0.324 e. The van der Waals surface area contributed by atoms with Crippen LogP contribution < -0.4 is 15.8 Å². The third-order valence-corrected chi connectivity index (χ3v) is 5.11. The first-order chi connectivity index (χ1) is 14.0. The Bertz CT molecular complexity index is 1160. The van der Waals surface area contributed by atoms with Crippen LogP contribution in [0, 0.1) is 0 Å². The van der Waals surface area contributed by atoms with Crippen LogP contribution in [-0.4, -0.2) is 28.1 Å². The third kappa shape index (κ3) is 4.12. The van der Waals surface area contributed by atoms with Gasteiger partial charge in [0, 0.05) is 28.5 Å². The lowest BCUT2D eigenvalue weighted by Crippen LogP contribution is -2.34. The standard InChI is InChI=1S/C21H17BrN4O3/c22-15-5-3-6-16(12-15)23-19(27)13-26-20(28)9-8-17(24-26)21(29)25-11-10-14-4-1-2-7-18(14)25/h1-9,12H,10-11,13H2,(H,23,27). The van der Waals surface area contributed by atoms with Gasteiger partial charge in [0.2, 0.25) is 5.91 Å². The first-order valence-electron chi connectivity index (χ1n) is 9.04. The molecule has 0 saturated heterocycles. The summed E-state index contributed by atoms with van der Waals surface area (Å²) in [5.41, 5.74) is 2.22. The number of para-hydroxylation sites is 1. The molecule has 1 aliphatic heterocycles. The van der Waals surface area contributed by atoms with Crippen molar-refractivity contribution in [1.82, 2.24) is 9.78 Å². The van der Waals surface area contributed by atoms with E-state index in [2.05, 4.69) is 26.3 Å². The van der Waals surface area contributed by atoms with E-state index < -0.39 is 11.5 Å². The summed E-state index contributed by atoms with van der Waals surface area (Å²) in [4.78, 5) is 39.0. The second-order valence-corrected chi connectivity index (χ2v) is 7.52. The molecule has 0 spiro atoms. The van der Waals surface area contributed by atoms with Crippen molar-refractivity contribution in [2.45, 2.75) is 13.0 Å². The van der Waals surface area contributed by atoms with Crippen molar-refractivity contribution >= 4 is 39.1 Å². The average Bonchev–Trinajstić information content (AvgIpc) is 3.13. The Kier molecular flexibility index (Phi) is 5.26. The molecule has 2 aromatic carbocycles. The molecule has 29 heavy (non-hydrogen) atoms. The zero-order chi connectivity index (χ0) is 20.4. The van der Waals surface area contributed by atoms with Gasteiger partial charge in [0.15, 0.2) is 0 Å². The minimum atomic E-state index is -0.451. The molecular weight excluding hydrogens is 436 g/mol. The highest BCUT2D eigenvalue weighted by atomic mass is 79.9. The average molecular weight is 453 g/mol. The maximum atomic E-state index is 12.9. The Balaban J connectivity index is 1.53. The number of hydrogen-bond donors (Lipinski definition) is 1. The van der Waals surface area contributed by atoms with Crippen LogP contribution in [0.2, 0.25) is 0 Å². The molecule has 2 heterocycles. The summed E-state index contributed by atoms with van der Waals surface area (Å²) >= 11 is 3.34. The maximum absolute atomic E-state index is 12.9. The van der Waals surface area contributed by atoms with Crippen molar-refractivity contribution in [3.63, 3.8) is 0 Å². The van der Waals surface area contributed by atoms with E-state index in [4.69, 9.17) is 0 Å². The smallest absolute Gasteiger partial charge is 0.278 e. The van der Waals surface area contributed by atoms with Crippen LogP contribution in [0.4, 0.5) is 11.4 Å². The summed E-state index contributed by atoms with van der Waals surface area (Å²) < 4.78 is 1.83. The number of nitrogens with one attached hydrogen (secondary N) is 1. The monoisotopic (exact) mass is 452 g/mol. The van der Waals surface area contributed by atoms with E-state index in [1.165, 1.54) is 12.1 Å². The molecule has 0 fully saturated rings. The Morgan fingerprint density at radius 1 is 1.07 bits per heavy atom. The van der Waals surface area contributed by atoms with E-state index in [0.717, 1.165) is 26.8 Å². The number of fused-ring (bicyclic) bond motifs is 1. The van der Waals surface area contributed by atoms with Gasteiger partial charge in [-0.25, -0.2) is 4.68 Å². The summed E-state index contributed by atoms with van der Waals surface area (Å²) in [6.07, 6.45) is 0.774. The second kappa shape index (κ2) is 8.00. The third-order valence-electron chi connectivity index (χ3n) is 4.62. The molecule has 2 amide bonds. The molecule has 146 valence electrons. The van der Waals surface area contributed by atoms with E-state index in [0.29, 0.717) is 12.2 Å². The zero-order valence-electron chi connectivity index (χ0n) is 15.3. The molecule has 8 heteroatoms. The Morgan fingerprint density at radius 2 is 1.90 bits per heavy atom. The first kappa shape index (κ1) is 19.1. The van der Waals surface area contributed by atoms with Crippen LogP contribution >= 0.6 is 15.9 Å². The summed E-state index contributed by atoms with van der Waals surface area (Å²) in [6.45, 7) is 0.269. The van der Waals surface area contributed by atoms with Gasteiger partial charge >= 0.3 is 0 Å². The molecule has 3 aromatic rings. The molecule has 0 radical (unpaired) electrons. The highest BCUT2D eigenvalue weighted by molar-refractivity contribution is 9.10. The number of aromatic nitrogens is 2. The lowest BCUT2D eigenvalue weighted by atomic mass is 10.2. The SMILES string of the molecule is O=C(Cn1nc(C(=O)N2CCc3ccccc32)ccc1=O)Nc1cccc(Br)c1. The molecule has 1 aliphatic rings. The second-order valence-electron chi connectivity index (χ2n) is 6.61. The molecule has 0 atom stereocenters. The minimum absolute atomic E-state index is 0.122. The Hall–Kier alpha value is -3.26. The lowest BCUT2D eigenvalue weighted by molar-refractivity contribution is -0.117. The number of carbonyl (C=O) groups is 2. The minimum Gasteiger partial charge on any atom is -0.324 e. The fraction of sp³-hybridized carbons (Fsp3) is 0.143. The fourth-order valence-corrected chi connectivity index (χ4v) is 3.67. The summed E-state index contributed by atoms with van der Waals surface area (Å²) in [7, 11) is 0. The quantitative estimate of drug-likeness (QED) is 0.659. The van der Waals surface area contributed by atoms with Gasteiger partial charge < -0.3 is 10.2 Å². The van der Waals surface area contributed by atoms with Gasteiger partial charge in [-0.2, -0.15) is 5.10 Å². The number of benzene rings is 2. The van der Waals surface area contributed by atoms with E-state index >= 15 is 0 Å². The van der Waals surface area contributed by atoms with Crippen molar-refractivity contribution < 1.29 is 9.59 Å². The van der Waals surface area contributed by atoms with E-state index in [-0.39, 0.29) is 18.1 Å². The van der Waals surface area contributed by atoms with Crippen LogP contribution in [0.15, 0.2) is 69.9 Å². The molecule has 0 saturated carbocycles. The zero-order valence-corrected chi connectivity index (χ0v) is 16.9. The predicted molar refractivity (Wildman–Crippen MR) is 113 cm³/mol. The number of rotatable bonds is 4. The van der Waals surface area contributed by atoms with Crippen molar-refractivity contribution in [3.8, 4) is 0 Å². The Morgan fingerprint density at radius 3 is 2.72 bits per heavy atom. The number of carbonyl (C=O) groups excluding carboxylic acids is 2. The van der Waals surface area contributed by atoms with Crippen LogP contribution in [0.1, 0.15) is 16.1 Å². The molecule has 0 aliphatic carbocycles. The van der Waals surface area contributed by atoms with Gasteiger partial charge in [0.05, 0.1) is 0 Å². The van der Waals surface area contributed by atoms with Crippen molar-refractivity contribution in [3.05, 3.63) is 86.7 Å².